The molecule has 3 heterocycles. The smallest absolute Gasteiger partial charge is 0.238 e. The predicted octanol–water partition coefficient (Wildman–Crippen LogP) is 14.9. The van der Waals surface area contributed by atoms with Crippen molar-refractivity contribution in [3.8, 4) is 73.2 Å². The molecule has 0 N–H and O–H groups in total. The summed E-state index contributed by atoms with van der Waals surface area (Å²) >= 11 is 0. The Balaban J connectivity index is 1.12. The molecule has 0 amide bonds. The van der Waals surface area contributed by atoms with E-state index >= 15 is 0 Å². The SMILES string of the molecule is c1ccc(-c2ccc(-c3nc(-c4ccc(-c5ccccc5)cc4)nc(-n4c5ccccc5c5ccc6c7cc(-c8ccccc8)cc(-c8ccccc8)c7oc6c54)n3)cc2)cc1. The van der Waals surface area contributed by atoms with E-state index in [1.165, 1.54) is 0 Å². The molecule has 5 nitrogen and oxygen atoms in total. The van der Waals surface area contributed by atoms with E-state index in [1.54, 1.807) is 0 Å². The molecule has 0 bridgehead atoms. The van der Waals surface area contributed by atoms with Crippen LogP contribution in [-0.4, -0.2) is 19.5 Å². The van der Waals surface area contributed by atoms with Crippen LogP contribution >= 0.6 is 0 Å². The van der Waals surface area contributed by atoms with Crippen molar-refractivity contribution in [2.24, 2.45) is 0 Å². The Morgan fingerprint density at radius 1 is 0.306 bits per heavy atom. The van der Waals surface area contributed by atoms with Crippen molar-refractivity contribution < 1.29 is 4.42 Å². The molecular formula is C57H36N4O. The highest BCUT2D eigenvalue weighted by molar-refractivity contribution is 6.23. The molecule has 290 valence electrons. The average molecular weight is 793 g/mol. The van der Waals surface area contributed by atoms with Crippen LogP contribution in [0.2, 0.25) is 0 Å². The fourth-order valence-electron chi connectivity index (χ4n) is 8.83. The third-order valence-corrected chi connectivity index (χ3v) is 11.9. The van der Waals surface area contributed by atoms with Crippen molar-refractivity contribution in [2.45, 2.75) is 0 Å². The van der Waals surface area contributed by atoms with Gasteiger partial charge in [-0.1, -0.05) is 194 Å². The molecule has 0 atom stereocenters. The van der Waals surface area contributed by atoms with Gasteiger partial charge in [0, 0.05) is 38.2 Å². The van der Waals surface area contributed by atoms with E-state index in [1.807, 2.05) is 12.1 Å². The molecule has 0 radical (unpaired) electrons. The summed E-state index contributed by atoms with van der Waals surface area (Å²) in [7, 11) is 0. The van der Waals surface area contributed by atoms with Crippen LogP contribution in [-0.2, 0) is 0 Å². The third kappa shape index (κ3) is 6.06. The Morgan fingerprint density at radius 3 is 1.32 bits per heavy atom. The molecule has 0 fully saturated rings. The van der Waals surface area contributed by atoms with Crippen LogP contribution < -0.4 is 0 Å². The van der Waals surface area contributed by atoms with Gasteiger partial charge in [0.2, 0.25) is 5.95 Å². The summed E-state index contributed by atoms with van der Waals surface area (Å²) in [6.07, 6.45) is 0. The average Bonchev–Trinajstić information content (AvgIpc) is 3.91. The number of furan rings is 1. The molecule has 12 rings (SSSR count). The molecule has 0 unspecified atom stereocenters. The zero-order chi connectivity index (χ0) is 41.0. The maximum Gasteiger partial charge on any atom is 0.238 e. The molecule has 0 spiro atoms. The van der Waals surface area contributed by atoms with Gasteiger partial charge >= 0.3 is 0 Å². The van der Waals surface area contributed by atoms with Crippen LogP contribution in [0.15, 0.2) is 223 Å². The Hall–Kier alpha value is -8.41. The van der Waals surface area contributed by atoms with E-state index < -0.39 is 0 Å². The van der Waals surface area contributed by atoms with Crippen LogP contribution in [0.5, 0.6) is 0 Å². The lowest BCUT2D eigenvalue weighted by Crippen LogP contribution is -2.06. The number of aromatic nitrogens is 4. The second-order valence-corrected chi connectivity index (χ2v) is 15.6. The van der Waals surface area contributed by atoms with E-state index in [0.717, 1.165) is 99.4 Å². The highest BCUT2D eigenvalue weighted by Gasteiger charge is 2.24. The topological polar surface area (TPSA) is 56.7 Å². The van der Waals surface area contributed by atoms with E-state index in [2.05, 4.69) is 211 Å². The fourth-order valence-corrected chi connectivity index (χ4v) is 8.83. The quantitative estimate of drug-likeness (QED) is 0.161. The van der Waals surface area contributed by atoms with Crippen molar-refractivity contribution in [2.75, 3.05) is 0 Å². The molecule has 9 aromatic carbocycles. The van der Waals surface area contributed by atoms with Gasteiger partial charge < -0.3 is 4.42 Å². The Labute approximate surface area is 357 Å². The van der Waals surface area contributed by atoms with Gasteiger partial charge in [0.15, 0.2) is 17.2 Å². The standard InChI is InChI=1S/C57H36N4O/c1-5-15-37(16-6-1)40-25-29-43(30-26-40)55-58-56(44-31-27-41(28-32-44)38-17-7-2-8-18-38)60-57(59-55)61-51-24-14-13-23-46(51)47-33-34-48-50-36-45(39-19-9-3-10-20-39)35-49(42-21-11-4-12-22-42)53(50)62-54(48)52(47)61/h1-36H. The first kappa shape index (κ1) is 35.5. The fraction of sp³-hybridized carbons (Fsp3) is 0. The van der Waals surface area contributed by atoms with Crippen LogP contribution in [0, 0.1) is 0 Å². The summed E-state index contributed by atoms with van der Waals surface area (Å²) in [6, 6.07) is 76.2. The van der Waals surface area contributed by atoms with Gasteiger partial charge in [-0.15, -0.1) is 0 Å². The lowest BCUT2D eigenvalue weighted by atomic mass is 9.95. The monoisotopic (exact) mass is 792 g/mol. The Bertz CT molecular complexity index is 3480. The lowest BCUT2D eigenvalue weighted by Gasteiger charge is -2.12. The van der Waals surface area contributed by atoms with Crippen LogP contribution in [0.3, 0.4) is 0 Å². The number of hydrogen-bond acceptors (Lipinski definition) is 4. The largest absolute Gasteiger partial charge is 0.453 e. The van der Waals surface area contributed by atoms with E-state index in [0.29, 0.717) is 17.6 Å². The van der Waals surface area contributed by atoms with Gasteiger partial charge in [-0.05, 0) is 63.2 Å². The number of nitrogens with zero attached hydrogens (tertiary/aromatic N) is 4. The van der Waals surface area contributed by atoms with Gasteiger partial charge in [0.1, 0.15) is 11.1 Å². The molecule has 5 heteroatoms. The summed E-state index contributed by atoms with van der Waals surface area (Å²) in [5.41, 5.74) is 14.3. The lowest BCUT2D eigenvalue weighted by molar-refractivity contribution is 0.672. The first-order valence-electron chi connectivity index (χ1n) is 20.8. The second kappa shape index (κ2) is 14.7. The minimum Gasteiger partial charge on any atom is -0.453 e. The second-order valence-electron chi connectivity index (χ2n) is 15.6. The zero-order valence-corrected chi connectivity index (χ0v) is 33.5. The highest BCUT2D eigenvalue weighted by Crippen LogP contribution is 2.44. The minimum absolute atomic E-state index is 0.511. The first-order valence-corrected chi connectivity index (χ1v) is 20.8. The minimum atomic E-state index is 0.511. The van der Waals surface area contributed by atoms with Gasteiger partial charge in [-0.2, -0.15) is 9.97 Å². The van der Waals surface area contributed by atoms with E-state index in [4.69, 9.17) is 19.4 Å². The van der Waals surface area contributed by atoms with Crippen molar-refractivity contribution >= 4 is 43.7 Å². The third-order valence-electron chi connectivity index (χ3n) is 11.9. The van der Waals surface area contributed by atoms with Crippen LogP contribution in [0.4, 0.5) is 0 Å². The maximum atomic E-state index is 7.18. The van der Waals surface area contributed by atoms with Crippen molar-refractivity contribution in [3.63, 3.8) is 0 Å². The van der Waals surface area contributed by atoms with Gasteiger partial charge in [0.25, 0.3) is 0 Å². The van der Waals surface area contributed by atoms with Crippen molar-refractivity contribution in [1.82, 2.24) is 19.5 Å². The van der Waals surface area contributed by atoms with E-state index in [-0.39, 0.29) is 0 Å². The maximum absolute atomic E-state index is 7.18. The van der Waals surface area contributed by atoms with Crippen molar-refractivity contribution in [3.05, 3.63) is 218 Å². The summed E-state index contributed by atoms with van der Waals surface area (Å²) in [6.45, 7) is 0. The molecule has 0 aliphatic heterocycles. The van der Waals surface area contributed by atoms with Crippen LogP contribution in [0.25, 0.3) is 117 Å². The van der Waals surface area contributed by atoms with Crippen LogP contribution in [0.1, 0.15) is 0 Å². The molecule has 62 heavy (non-hydrogen) atoms. The number of rotatable bonds is 7. The molecule has 0 saturated heterocycles. The number of fused-ring (bicyclic) bond motifs is 7. The van der Waals surface area contributed by atoms with Gasteiger partial charge in [-0.25, -0.2) is 4.98 Å². The summed E-state index contributed by atoms with van der Waals surface area (Å²) in [5.74, 6) is 1.67. The van der Waals surface area contributed by atoms with Gasteiger partial charge in [-0.3, -0.25) is 4.57 Å². The summed E-state index contributed by atoms with van der Waals surface area (Å²) in [4.78, 5) is 15.8. The number of para-hydroxylation sites is 1. The Morgan fingerprint density at radius 2 is 0.758 bits per heavy atom. The molecular weight excluding hydrogens is 757 g/mol. The number of hydrogen-bond donors (Lipinski definition) is 0. The Kier molecular flexibility index (Phi) is 8.42. The molecule has 3 aromatic heterocycles. The van der Waals surface area contributed by atoms with Crippen molar-refractivity contribution in [1.29, 1.82) is 0 Å². The molecule has 0 aliphatic rings. The normalized spacial score (nSPS) is 11.5. The molecule has 0 saturated carbocycles. The summed E-state index contributed by atoms with van der Waals surface area (Å²) < 4.78 is 9.35. The zero-order valence-electron chi connectivity index (χ0n) is 33.5. The first-order chi connectivity index (χ1) is 30.7. The number of benzene rings is 9. The summed E-state index contributed by atoms with van der Waals surface area (Å²) in [5, 5.41) is 4.21. The van der Waals surface area contributed by atoms with E-state index in [9.17, 15) is 0 Å². The van der Waals surface area contributed by atoms with Gasteiger partial charge in [0.05, 0.1) is 5.52 Å². The predicted molar refractivity (Wildman–Crippen MR) is 254 cm³/mol. The molecule has 0 aliphatic carbocycles. The highest BCUT2D eigenvalue weighted by atomic mass is 16.3. The molecule has 12 aromatic rings.